The molecule has 1 amide bonds. The summed E-state index contributed by atoms with van der Waals surface area (Å²) < 4.78 is 19.7. The Kier molecular flexibility index (Phi) is 7.46. The molecule has 2 aliphatic rings. The summed E-state index contributed by atoms with van der Waals surface area (Å²) in [6, 6.07) is 14.6. The molecule has 0 aliphatic carbocycles. The van der Waals surface area contributed by atoms with Crippen LogP contribution >= 0.6 is 11.6 Å². The Balaban J connectivity index is 1.29. The second-order valence-electron chi connectivity index (χ2n) is 8.67. The van der Waals surface area contributed by atoms with Crippen molar-refractivity contribution in [3.8, 4) is 11.5 Å². The van der Waals surface area contributed by atoms with E-state index in [1.54, 1.807) is 22.9 Å². The van der Waals surface area contributed by atoms with Crippen molar-refractivity contribution in [1.29, 1.82) is 0 Å². The Morgan fingerprint density at radius 3 is 2.94 bits per heavy atom. The lowest BCUT2D eigenvalue weighted by molar-refractivity contribution is 0.0292. The van der Waals surface area contributed by atoms with Gasteiger partial charge in [0.15, 0.2) is 0 Å². The molecule has 2 atom stereocenters. The van der Waals surface area contributed by atoms with Crippen LogP contribution in [0.3, 0.4) is 0 Å². The predicted molar refractivity (Wildman–Crippen MR) is 130 cm³/mol. The molecule has 10 heteroatoms. The molecule has 0 spiro atoms. The highest BCUT2D eigenvalue weighted by molar-refractivity contribution is 6.32. The summed E-state index contributed by atoms with van der Waals surface area (Å²) in [5.74, 6) is 1.14. The van der Waals surface area contributed by atoms with Crippen LogP contribution in [0.15, 0.2) is 54.7 Å². The Morgan fingerprint density at radius 2 is 2.06 bits per heavy atom. The number of hydrogen-bond acceptors (Lipinski definition) is 7. The van der Waals surface area contributed by atoms with Crippen LogP contribution in [0.25, 0.3) is 0 Å². The molecule has 9 nitrogen and oxygen atoms in total. The number of ether oxygens (including phenoxy) is 3. The molecule has 1 aromatic heterocycles. The maximum absolute atomic E-state index is 13.1. The highest BCUT2D eigenvalue weighted by Crippen LogP contribution is 2.26. The number of amides is 1. The summed E-state index contributed by atoms with van der Waals surface area (Å²) in [6.45, 7) is 4.02. The van der Waals surface area contributed by atoms with E-state index in [1.165, 1.54) is 0 Å². The minimum absolute atomic E-state index is 0.189. The highest BCUT2D eigenvalue weighted by atomic mass is 35.5. The van der Waals surface area contributed by atoms with E-state index in [4.69, 9.17) is 25.8 Å². The van der Waals surface area contributed by atoms with Crippen LogP contribution < -0.4 is 14.8 Å². The second-order valence-corrected chi connectivity index (χ2v) is 9.08. The number of carbonyl (C=O) groups excluding carboxylic acids is 1. The number of nitrogens with zero attached hydrogens (tertiary/aromatic N) is 4. The summed E-state index contributed by atoms with van der Waals surface area (Å²) >= 11 is 6.29. The first kappa shape index (κ1) is 23.6. The van der Waals surface area contributed by atoms with Gasteiger partial charge in [0.2, 0.25) is 0 Å². The van der Waals surface area contributed by atoms with Gasteiger partial charge >= 0.3 is 0 Å². The topological polar surface area (TPSA) is 90.7 Å². The van der Waals surface area contributed by atoms with Crippen LogP contribution in [0, 0.1) is 0 Å². The predicted octanol–water partition coefficient (Wildman–Crippen LogP) is 2.79. The Morgan fingerprint density at radius 1 is 1.17 bits per heavy atom. The number of para-hydroxylation sites is 1. The van der Waals surface area contributed by atoms with Gasteiger partial charge in [0.05, 0.1) is 36.6 Å². The number of benzene rings is 2. The second kappa shape index (κ2) is 11.1. The molecule has 3 aromatic rings. The van der Waals surface area contributed by atoms with Crippen molar-refractivity contribution in [1.82, 2.24) is 25.2 Å². The summed E-state index contributed by atoms with van der Waals surface area (Å²) in [5, 5.41) is 12.0. The third-order valence-corrected chi connectivity index (χ3v) is 6.40. The first-order valence-electron chi connectivity index (χ1n) is 11.8. The maximum Gasteiger partial charge on any atom is 0.251 e. The number of aryl methyl sites for hydroxylation is 1. The fourth-order valence-electron chi connectivity index (χ4n) is 4.27. The normalized spacial score (nSPS) is 21.1. The first-order valence-corrected chi connectivity index (χ1v) is 12.2. The third kappa shape index (κ3) is 6.11. The molecular weight excluding hydrogens is 470 g/mol. The number of nitrogens with one attached hydrogen (secondary N) is 1. The lowest BCUT2D eigenvalue weighted by Gasteiger charge is -2.20. The fraction of sp³-hybridized carbons (Fsp3) is 0.400. The van der Waals surface area contributed by atoms with Crippen LogP contribution in [-0.4, -0.2) is 70.8 Å². The number of carbonyl (C=O) groups is 1. The quantitative estimate of drug-likeness (QED) is 0.592. The van der Waals surface area contributed by atoms with Gasteiger partial charge in [-0.1, -0.05) is 35.0 Å². The number of aromatic nitrogens is 3. The molecule has 0 unspecified atom stereocenters. The summed E-state index contributed by atoms with van der Waals surface area (Å²) in [6.07, 6.45) is 2.41. The van der Waals surface area contributed by atoms with Crippen molar-refractivity contribution in [2.45, 2.75) is 31.7 Å². The van der Waals surface area contributed by atoms with E-state index in [0.29, 0.717) is 55.8 Å². The van der Waals surface area contributed by atoms with Gasteiger partial charge < -0.3 is 19.5 Å². The molecule has 1 fully saturated rings. The van der Waals surface area contributed by atoms with Crippen molar-refractivity contribution < 1.29 is 19.0 Å². The van der Waals surface area contributed by atoms with Crippen LogP contribution in [0.2, 0.25) is 5.02 Å². The molecule has 35 heavy (non-hydrogen) atoms. The van der Waals surface area contributed by atoms with Gasteiger partial charge in [-0.25, -0.2) is 0 Å². The molecule has 1 N–H and O–H groups in total. The van der Waals surface area contributed by atoms with Crippen LogP contribution in [-0.2, 0) is 17.9 Å². The minimum Gasteiger partial charge on any atom is -0.492 e. The average Bonchev–Trinajstić information content (AvgIpc) is 3.48. The summed E-state index contributed by atoms with van der Waals surface area (Å²) in [7, 11) is 0. The van der Waals surface area contributed by atoms with E-state index in [9.17, 15) is 4.79 Å². The van der Waals surface area contributed by atoms with Crippen molar-refractivity contribution >= 4 is 17.5 Å². The molecule has 0 radical (unpaired) electrons. The zero-order valence-electron chi connectivity index (χ0n) is 19.3. The molecule has 3 heterocycles. The van der Waals surface area contributed by atoms with E-state index in [0.717, 1.165) is 24.4 Å². The molecule has 5 rings (SSSR count). The SMILES string of the molecule is O=C1N[C@H]2CN(CCOc3ccccc3)C[C@@H]2OCc2cn(nn2)CCCOc2cc1ccc2Cl. The third-order valence-electron chi connectivity index (χ3n) is 6.09. The molecule has 2 aliphatic heterocycles. The van der Waals surface area contributed by atoms with Gasteiger partial charge in [-0.15, -0.1) is 5.10 Å². The Bertz CT molecular complexity index is 1140. The number of rotatable bonds is 4. The van der Waals surface area contributed by atoms with E-state index in [-0.39, 0.29) is 18.1 Å². The number of fused-ring (bicyclic) bond motifs is 5. The Hall–Kier alpha value is -3.14. The van der Waals surface area contributed by atoms with Gasteiger partial charge in [-0.05, 0) is 30.3 Å². The van der Waals surface area contributed by atoms with Gasteiger partial charge in [-0.3, -0.25) is 14.4 Å². The smallest absolute Gasteiger partial charge is 0.251 e. The van der Waals surface area contributed by atoms with Gasteiger partial charge in [0, 0.05) is 38.2 Å². The van der Waals surface area contributed by atoms with E-state index < -0.39 is 0 Å². The molecule has 4 bridgehead atoms. The number of hydrogen-bond donors (Lipinski definition) is 1. The maximum atomic E-state index is 13.1. The van der Waals surface area contributed by atoms with Crippen LogP contribution in [0.5, 0.6) is 11.5 Å². The first-order chi connectivity index (χ1) is 17.1. The van der Waals surface area contributed by atoms with Crippen LogP contribution in [0.4, 0.5) is 0 Å². The number of likely N-dealkylation sites (tertiary alicyclic amines) is 1. The zero-order valence-corrected chi connectivity index (χ0v) is 20.1. The lowest BCUT2D eigenvalue weighted by Crippen LogP contribution is -2.44. The molecule has 1 saturated heterocycles. The largest absolute Gasteiger partial charge is 0.492 e. The van der Waals surface area contributed by atoms with E-state index in [2.05, 4.69) is 20.5 Å². The lowest BCUT2D eigenvalue weighted by atomic mass is 10.1. The summed E-state index contributed by atoms with van der Waals surface area (Å²) in [4.78, 5) is 15.3. The zero-order chi connectivity index (χ0) is 24.0. The molecule has 2 aromatic carbocycles. The van der Waals surface area contributed by atoms with Crippen molar-refractivity contribution in [3.63, 3.8) is 0 Å². The average molecular weight is 498 g/mol. The molecule has 0 saturated carbocycles. The van der Waals surface area contributed by atoms with Crippen molar-refractivity contribution in [3.05, 3.63) is 71.0 Å². The minimum atomic E-state index is -0.197. The standard InChI is InChI=1S/C25H28ClN5O4/c26-21-8-7-18-13-23(21)34-11-4-9-31-14-19(28-29-31)17-35-24-16-30(15-22(24)27-25(18)32)10-12-33-20-5-2-1-3-6-20/h1-3,5-8,13-14,22,24H,4,9-12,15-17H2,(H,27,32)/t22-,24-/m0/s1. The van der Waals surface area contributed by atoms with Crippen LogP contribution in [0.1, 0.15) is 22.5 Å². The molecular formula is C25H28ClN5O4. The van der Waals surface area contributed by atoms with Gasteiger partial charge in [0.1, 0.15) is 23.8 Å². The van der Waals surface area contributed by atoms with Gasteiger partial charge in [-0.2, -0.15) is 0 Å². The molecule has 184 valence electrons. The van der Waals surface area contributed by atoms with Crippen molar-refractivity contribution in [2.75, 3.05) is 32.8 Å². The monoisotopic (exact) mass is 497 g/mol. The van der Waals surface area contributed by atoms with Crippen molar-refractivity contribution in [2.24, 2.45) is 0 Å². The van der Waals surface area contributed by atoms with Gasteiger partial charge in [0.25, 0.3) is 5.91 Å². The van der Waals surface area contributed by atoms with E-state index >= 15 is 0 Å². The number of halogens is 1. The van der Waals surface area contributed by atoms with E-state index in [1.807, 2.05) is 36.5 Å². The highest BCUT2D eigenvalue weighted by Gasteiger charge is 2.35. The fourth-order valence-corrected chi connectivity index (χ4v) is 4.45. The summed E-state index contributed by atoms with van der Waals surface area (Å²) in [5.41, 5.74) is 1.25. The Labute approximate surface area is 208 Å².